The fourth-order valence-electron chi connectivity index (χ4n) is 10.3. The van der Waals surface area contributed by atoms with Gasteiger partial charge < -0.3 is 45.1 Å². The molecule has 11 heteroatoms. The molecule has 0 saturated carbocycles. The first-order valence-electron chi connectivity index (χ1n) is 32.8. The van der Waals surface area contributed by atoms with Crippen LogP contribution in [0.25, 0.3) is 0 Å². The normalized spacial score (nSPS) is 18.8. The number of hydrogen-bond donors (Lipinski definition) is 6. The Morgan fingerprint density at radius 1 is 0.481 bits per heavy atom. The monoisotopic (exact) mass is 1090 g/mol. The number of aliphatic hydroxyl groups excluding tert-OH is 5. The Morgan fingerprint density at radius 2 is 0.870 bits per heavy atom. The standard InChI is InChI=1S/C66H123NO10/c1-3-5-7-9-11-13-14-15-16-17-21-25-28-31-34-38-42-46-50-54-62(71)75-55-51-47-43-39-35-32-29-26-23-20-18-19-22-24-27-30-33-37-41-45-49-53-61(70)67-58(59(69)52-48-44-40-36-12-10-8-6-4-2)57-76-66-65(74)64(73)63(72)60(56-68)77-66/h32,35,43,47-48,52,58-60,63-66,68-69,72-74H,3-31,33-34,36-42,44-46,49-51,53-57H2,1-2H3,(H,67,70)/b35-32-,47-43-,52-48+. The van der Waals surface area contributed by atoms with Crippen molar-refractivity contribution in [3.05, 3.63) is 36.5 Å². The first kappa shape index (κ1) is 72.9. The van der Waals surface area contributed by atoms with Crippen LogP contribution in [0.2, 0.25) is 0 Å². The van der Waals surface area contributed by atoms with E-state index < -0.39 is 49.5 Å². The van der Waals surface area contributed by atoms with Crippen LogP contribution in [0.4, 0.5) is 0 Å². The molecule has 0 radical (unpaired) electrons. The van der Waals surface area contributed by atoms with Crippen molar-refractivity contribution in [1.29, 1.82) is 0 Å². The zero-order valence-corrected chi connectivity index (χ0v) is 49.9. The topological polar surface area (TPSA) is 175 Å². The maximum atomic E-state index is 13.0. The first-order valence-corrected chi connectivity index (χ1v) is 32.8. The highest BCUT2D eigenvalue weighted by atomic mass is 16.7. The van der Waals surface area contributed by atoms with Gasteiger partial charge in [-0.15, -0.1) is 0 Å². The van der Waals surface area contributed by atoms with Gasteiger partial charge in [-0.1, -0.05) is 281 Å². The van der Waals surface area contributed by atoms with Crippen LogP contribution in [-0.4, -0.2) is 100 Å². The van der Waals surface area contributed by atoms with E-state index in [1.807, 2.05) is 6.08 Å². The van der Waals surface area contributed by atoms with Gasteiger partial charge in [0.05, 0.1) is 32.0 Å². The predicted molar refractivity (Wildman–Crippen MR) is 320 cm³/mol. The highest BCUT2D eigenvalue weighted by Crippen LogP contribution is 2.23. The second-order valence-electron chi connectivity index (χ2n) is 22.8. The summed E-state index contributed by atoms with van der Waals surface area (Å²) in [4.78, 5) is 25.1. The number of nitrogens with one attached hydrogen (secondary N) is 1. The molecule has 0 aromatic carbocycles. The van der Waals surface area contributed by atoms with Gasteiger partial charge in [-0.05, 0) is 51.4 Å². The van der Waals surface area contributed by atoms with Crippen LogP contribution >= 0.6 is 0 Å². The van der Waals surface area contributed by atoms with Crippen molar-refractivity contribution in [3.8, 4) is 0 Å². The molecule has 452 valence electrons. The molecule has 1 aliphatic heterocycles. The van der Waals surface area contributed by atoms with Crippen LogP contribution in [-0.2, 0) is 23.8 Å². The number of rotatable bonds is 57. The summed E-state index contributed by atoms with van der Waals surface area (Å²) in [5.74, 6) is -0.232. The molecular weight excluding hydrogens is 967 g/mol. The molecule has 6 N–H and O–H groups in total. The number of carbonyl (C=O) groups excluding carboxylic acids is 2. The molecule has 1 saturated heterocycles. The fraction of sp³-hybridized carbons (Fsp3) is 0.879. The molecule has 1 rings (SSSR count). The molecule has 11 nitrogen and oxygen atoms in total. The summed E-state index contributed by atoms with van der Waals surface area (Å²) >= 11 is 0. The molecule has 0 aromatic rings. The Morgan fingerprint density at radius 3 is 1.31 bits per heavy atom. The summed E-state index contributed by atoms with van der Waals surface area (Å²) in [6, 6.07) is -0.813. The van der Waals surface area contributed by atoms with Crippen molar-refractivity contribution in [1.82, 2.24) is 5.32 Å². The molecule has 0 bridgehead atoms. The van der Waals surface area contributed by atoms with Crippen LogP contribution in [0.1, 0.15) is 309 Å². The zero-order chi connectivity index (χ0) is 55.9. The Labute approximate surface area is 473 Å². The number of hydrogen-bond acceptors (Lipinski definition) is 10. The number of aliphatic hydroxyl groups is 5. The second kappa shape index (κ2) is 55.8. The quantitative estimate of drug-likeness (QED) is 0.0195. The first-order chi connectivity index (χ1) is 37.7. The van der Waals surface area contributed by atoms with E-state index in [4.69, 9.17) is 14.2 Å². The molecule has 7 atom stereocenters. The minimum atomic E-state index is -1.57. The molecule has 0 spiro atoms. The van der Waals surface area contributed by atoms with Gasteiger partial charge in [-0.2, -0.15) is 0 Å². The van der Waals surface area contributed by atoms with Gasteiger partial charge >= 0.3 is 5.97 Å². The van der Waals surface area contributed by atoms with E-state index in [0.717, 1.165) is 70.6 Å². The molecule has 1 fully saturated rings. The molecular formula is C66H123NO10. The van der Waals surface area contributed by atoms with Gasteiger partial charge in [0.25, 0.3) is 0 Å². The number of unbranched alkanes of at least 4 members (excludes halogenated alkanes) is 39. The van der Waals surface area contributed by atoms with E-state index in [1.54, 1.807) is 6.08 Å². The number of esters is 1. The summed E-state index contributed by atoms with van der Waals surface area (Å²) in [7, 11) is 0. The van der Waals surface area contributed by atoms with E-state index in [9.17, 15) is 35.1 Å². The van der Waals surface area contributed by atoms with Crippen molar-refractivity contribution in [2.75, 3.05) is 19.8 Å². The average molecular weight is 1090 g/mol. The average Bonchev–Trinajstić information content (AvgIpc) is 3.43. The predicted octanol–water partition coefficient (Wildman–Crippen LogP) is 15.8. The largest absolute Gasteiger partial charge is 0.465 e. The van der Waals surface area contributed by atoms with Gasteiger partial charge in [-0.3, -0.25) is 9.59 Å². The van der Waals surface area contributed by atoms with E-state index in [2.05, 4.69) is 43.5 Å². The van der Waals surface area contributed by atoms with Crippen LogP contribution < -0.4 is 5.32 Å². The van der Waals surface area contributed by atoms with Gasteiger partial charge in [0.2, 0.25) is 5.91 Å². The SMILES string of the molecule is CCCCCCCCC/C=C/C(O)C(COC1OC(CO)C(O)C(O)C1O)NC(=O)CCCCCCCCCCCCCCCC/C=C\C/C=C\CCOC(=O)CCCCCCCCCCCCCCCCCCCCC. The summed E-state index contributed by atoms with van der Waals surface area (Å²) in [6.45, 7) is 4.22. The third-order valence-corrected chi connectivity index (χ3v) is 15.5. The summed E-state index contributed by atoms with van der Waals surface area (Å²) in [6.07, 6.45) is 60.0. The molecule has 77 heavy (non-hydrogen) atoms. The maximum absolute atomic E-state index is 13.0. The van der Waals surface area contributed by atoms with Crippen LogP contribution in [0.5, 0.6) is 0 Å². The van der Waals surface area contributed by atoms with Gasteiger partial charge in [0.1, 0.15) is 24.4 Å². The molecule has 1 heterocycles. The van der Waals surface area contributed by atoms with Crippen molar-refractivity contribution in [3.63, 3.8) is 0 Å². The Kier molecular flexibility index (Phi) is 52.8. The van der Waals surface area contributed by atoms with Crippen molar-refractivity contribution in [2.45, 2.75) is 352 Å². The Bertz CT molecular complexity index is 1370. The molecule has 7 unspecified atom stereocenters. The van der Waals surface area contributed by atoms with Crippen molar-refractivity contribution in [2.24, 2.45) is 0 Å². The third-order valence-electron chi connectivity index (χ3n) is 15.5. The highest BCUT2D eigenvalue weighted by Gasteiger charge is 2.44. The maximum Gasteiger partial charge on any atom is 0.305 e. The van der Waals surface area contributed by atoms with Gasteiger partial charge in [0, 0.05) is 12.8 Å². The van der Waals surface area contributed by atoms with E-state index in [1.165, 1.54) is 212 Å². The van der Waals surface area contributed by atoms with E-state index in [0.29, 0.717) is 19.4 Å². The van der Waals surface area contributed by atoms with Crippen LogP contribution in [0, 0.1) is 0 Å². The number of ether oxygens (including phenoxy) is 3. The fourth-order valence-corrected chi connectivity index (χ4v) is 10.3. The summed E-state index contributed by atoms with van der Waals surface area (Å²) < 4.78 is 16.6. The number of allylic oxidation sites excluding steroid dienone is 4. The molecule has 0 aliphatic carbocycles. The lowest BCUT2D eigenvalue weighted by Gasteiger charge is -2.40. The van der Waals surface area contributed by atoms with Gasteiger partial charge in [0.15, 0.2) is 6.29 Å². The third kappa shape index (κ3) is 45.2. The lowest BCUT2D eigenvalue weighted by molar-refractivity contribution is -0.302. The number of carbonyl (C=O) groups is 2. The van der Waals surface area contributed by atoms with Crippen LogP contribution in [0.3, 0.4) is 0 Å². The van der Waals surface area contributed by atoms with Crippen molar-refractivity contribution < 1.29 is 49.3 Å². The Balaban J connectivity index is 1.98. The molecule has 0 aromatic heterocycles. The second-order valence-corrected chi connectivity index (χ2v) is 22.8. The lowest BCUT2D eigenvalue weighted by Crippen LogP contribution is -2.60. The Hall–Kier alpha value is -2.12. The summed E-state index contributed by atoms with van der Waals surface area (Å²) in [5.41, 5.74) is 0. The van der Waals surface area contributed by atoms with Crippen molar-refractivity contribution >= 4 is 11.9 Å². The molecule has 1 amide bonds. The lowest BCUT2D eigenvalue weighted by atomic mass is 9.99. The van der Waals surface area contributed by atoms with Gasteiger partial charge in [-0.25, -0.2) is 0 Å². The number of amides is 1. The molecule has 1 aliphatic rings. The van der Waals surface area contributed by atoms with E-state index in [-0.39, 0.29) is 18.5 Å². The highest BCUT2D eigenvalue weighted by molar-refractivity contribution is 5.76. The van der Waals surface area contributed by atoms with Crippen LogP contribution in [0.15, 0.2) is 36.5 Å². The van der Waals surface area contributed by atoms with E-state index >= 15 is 0 Å². The smallest absolute Gasteiger partial charge is 0.305 e. The zero-order valence-electron chi connectivity index (χ0n) is 49.9. The summed E-state index contributed by atoms with van der Waals surface area (Å²) in [5, 5.41) is 54.2. The minimum Gasteiger partial charge on any atom is -0.465 e. The minimum absolute atomic E-state index is 0.0436.